The first-order valence-electron chi connectivity index (χ1n) is 5.63. The van der Waals surface area contributed by atoms with Crippen LogP contribution in [0.1, 0.15) is 25.2 Å². The average Bonchev–Trinajstić information content (AvgIpc) is 2.66. The van der Waals surface area contributed by atoms with Gasteiger partial charge in [0.1, 0.15) is 5.69 Å². The molecule has 0 aromatic carbocycles. The van der Waals surface area contributed by atoms with Gasteiger partial charge in [-0.05, 0) is 31.6 Å². The van der Waals surface area contributed by atoms with E-state index in [2.05, 4.69) is 5.10 Å². The maximum atomic E-state index is 12.7. The second kappa shape index (κ2) is 5.43. The van der Waals surface area contributed by atoms with Crippen LogP contribution in [0.3, 0.4) is 0 Å². The zero-order valence-electron chi connectivity index (χ0n) is 11.5. The molecule has 1 aromatic rings. The highest BCUT2D eigenvalue weighted by molar-refractivity contribution is 7.94. The van der Waals surface area contributed by atoms with Crippen molar-refractivity contribution in [3.05, 3.63) is 34.5 Å². The zero-order valence-corrected chi connectivity index (χ0v) is 12.3. The summed E-state index contributed by atoms with van der Waals surface area (Å²) in [6.45, 7) is 2.98. The molecule has 112 valence electrons. The number of sulfone groups is 1. The normalized spacial score (nSPS) is 14.8. The molecule has 1 aromatic heterocycles. The van der Waals surface area contributed by atoms with Gasteiger partial charge in [-0.1, -0.05) is 6.08 Å². The fourth-order valence-electron chi connectivity index (χ4n) is 1.50. The molecule has 0 saturated heterocycles. The molecular formula is C12H15F3N2O2S. The van der Waals surface area contributed by atoms with Gasteiger partial charge in [0.15, 0.2) is 9.84 Å². The molecule has 20 heavy (non-hydrogen) atoms. The van der Waals surface area contributed by atoms with Gasteiger partial charge in [-0.2, -0.15) is 18.3 Å². The monoisotopic (exact) mass is 308 g/mol. The molecule has 0 radical (unpaired) electrons. The highest BCUT2D eigenvalue weighted by Crippen LogP contribution is 2.31. The summed E-state index contributed by atoms with van der Waals surface area (Å²) in [5.41, 5.74) is -0.499. The third kappa shape index (κ3) is 3.72. The number of hydrogen-bond acceptors (Lipinski definition) is 3. The Balaban J connectivity index is 3.31. The summed E-state index contributed by atoms with van der Waals surface area (Å²) in [6.07, 6.45) is -0.658. The van der Waals surface area contributed by atoms with Crippen LogP contribution >= 0.6 is 0 Å². The summed E-state index contributed by atoms with van der Waals surface area (Å²) in [4.78, 5) is 0.0600. The van der Waals surface area contributed by atoms with E-state index in [0.717, 1.165) is 17.0 Å². The second-order valence-corrected chi connectivity index (χ2v) is 6.50. The maximum Gasteiger partial charge on any atom is 0.433 e. The third-order valence-electron chi connectivity index (χ3n) is 2.72. The van der Waals surface area contributed by atoms with Crippen LogP contribution in [0.4, 0.5) is 13.2 Å². The molecule has 0 atom stereocenters. The lowest BCUT2D eigenvalue weighted by atomic mass is 10.1. The van der Waals surface area contributed by atoms with E-state index in [1.54, 1.807) is 6.92 Å². The van der Waals surface area contributed by atoms with Gasteiger partial charge >= 0.3 is 6.18 Å². The van der Waals surface area contributed by atoms with Crippen LogP contribution in [0, 0.1) is 0 Å². The van der Waals surface area contributed by atoms with Gasteiger partial charge in [0.05, 0.1) is 5.69 Å². The first-order chi connectivity index (χ1) is 8.96. The number of aromatic nitrogens is 2. The van der Waals surface area contributed by atoms with Crippen LogP contribution < -0.4 is 0 Å². The quantitative estimate of drug-likeness (QED) is 0.807. The van der Waals surface area contributed by atoms with Gasteiger partial charge < -0.3 is 0 Å². The van der Waals surface area contributed by atoms with Crippen molar-refractivity contribution < 1.29 is 21.6 Å². The molecule has 0 spiro atoms. The zero-order chi connectivity index (χ0) is 15.7. The van der Waals surface area contributed by atoms with Crippen LogP contribution in [0.25, 0.3) is 5.57 Å². The molecule has 0 aliphatic heterocycles. The van der Waals surface area contributed by atoms with Gasteiger partial charge in [-0.25, -0.2) is 8.42 Å². The van der Waals surface area contributed by atoms with Gasteiger partial charge in [0.2, 0.25) is 0 Å². The molecule has 0 aliphatic rings. The molecule has 0 aliphatic carbocycles. The lowest BCUT2D eigenvalue weighted by molar-refractivity contribution is -0.143. The van der Waals surface area contributed by atoms with Gasteiger partial charge in [0.25, 0.3) is 0 Å². The van der Waals surface area contributed by atoms with E-state index in [-0.39, 0.29) is 10.6 Å². The van der Waals surface area contributed by atoms with Crippen LogP contribution in [0.15, 0.2) is 23.1 Å². The van der Waals surface area contributed by atoms with Gasteiger partial charge in [0, 0.05) is 18.2 Å². The van der Waals surface area contributed by atoms with E-state index in [1.807, 2.05) is 0 Å². The fraction of sp³-hybridized carbons (Fsp3) is 0.417. The highest BCUT2D eigenvalue weighted by Gasteiger charge is 2.35. The van der Waals surface area contributed by atoms with Crippen molar-refractivity contribution in [1.29, 1.82) is 0 Å². The summed E-state index contributed by atoms with van der Waals surface area (Å²) >= 11 is 0. The van der Waals surface area contributed by atoms with E-state index in [4.69, 9.17) is 0 Å². The lowest BCUT2D eigenvalue weighted by Gasteiger charge is -2.04. The molecule has 8 heteroatoms. The van der Waals surface area contributed by atoms with E-state index in [0.29, 0.717) is 5.57 Å². The standard InChI is InChI=1S/C12H15F3N2O2S/c1-5-9(6-8(2)20(4,18)19)10-7-11(12(13,14)15)17(3)16-10/h5-7H,1-4H3/b8-6+,9-5+. The second-order valence-electron chi connectivity index (χ2n) is 4.31. The van der Waals surface area contributed by atoms with Crippen molar-refractivity contribution in [3.8, 4) is 0 Å². The number of rotatable bonds is 3. The largest absolute Gasteiger partial charge is 0.433 e. The van der Waals surface area contributed by atoms with Gasteiger partial charge in [-0.15, -0.1) is 0 Å². The molecule has 0 saturated carbocycles. The molecular weight excluding hydrogens is 293 g/mol. The Kier molecular flexibility index (Phi) is 4.48. The minimum atomic E-state index is -4.51. The Hall–Kier alpha value is -1.57. The van der Waals surface area contributed by atoms with E-state index in [9.17, 15) is 21.6 Å². The molecule has 4 nitrogen and oxygen atoms in total. The number of allylic oxidation sites excluding steroid dienone is 4. The first kappa shape index (κ1) is 16.5. The molecule has 1 heterocycles. The Morgan fingerprint density at radius 1 is 1.40 bits per heavy atom. The summed E-state index contributed by atoms with van der Waals surface area (Å²) in [5, 5.41) is 3.77. The minimum Gasteiger partial charge on any atom is -0.263 e. The predicted octanol–water partition coefficient (Wildman–Crippen LogP) is 2.79. The van der Waals surface area contributed by atoms with Crippen LogP contribution in [-0.2, 0) is 23.1 Å². The Morgan fingerprint density at radius 3 is 2.30 bits per heavy atom. The lowest BCUT2D eigenvalue weighted by Crippen LogP contribution is -2.11. The summed E-state index contributed by atoms with van der Waals surface area (Å²) in [7, 11) is -2.20. The van der Waals surface area contributed by atoms with Crippen molar-refractivity contribution >= 4 is 15.4 Å². The molecule has 1 rings (SSSR count). The predicted molar refractivity (Wildman–Crippen MR) is 70.5 cm³/mol. The number of halogens is 3. The molecule has 0 unspecified atom stereocenters. The van der Waals surface area contributed by atoms with Crippen molar-refractivity contribution in [3.63, 3.8) is 0 Å². The van der Waals surface area contributed by atoms with Crippen molar-refractivity contribution in [2.24, 2.45) is 7.05 Å². The summed E-state index contributed by atoms with van der Waals surface area (Å²) in [6, 6.07) is 0.890. The Bertz CT molecular complexity index is 667. The van der Waals surface area contributed by atoms with Crippen LogP contribution in [-0.4, -0.2) is 24.5 Å². The molecule has 0 N–H and O–H groups in total. The topological polar surface area (TPSA) is 52.0 Å². The summed E-state index contributed by atoms with van der Waals surface area (Å²) < 4.78 is 61.5. The molecule has 0 amide bonds. The number of aryl methyl sites for hydroxylation is 1. The first-order valence-corrected chi connectivity index (χ1v) is 7.52. The van der Waals surface area contributed by atoms with Gasteiger partial charge in [-0.3, -0.25) is 4.68 Å². The smallest absolute Gasteiger partial charge is 0.263 e. The van der Waals surface area contributed by atoms with E-state index in [1.165, 1.54) is 26.1 Å². The van der Waals surface area contributed by atoms with E-state index >= 15 is 0 Å². The van der Waals surface area contributed by atoms with Crippen molar-refractivity contribution in [2.75, 3.05) is 6.26 Å². The number of nitrogens with zero attached hydrogens (tertiary/aromatic N) is 2. The average molecular weight is 308 g/mol. The molecule has 0 bridgehead atoms. The fourth-order valence-corrected chi connectivity index (χ4v) is 1.85. The van der Waals surface area contributed by atoms with Crippen molar-refractivity contribution in [1.82, 2.24) is 9.78 Å². The van der Waals surface area contributed by atoms with Crippen LogP contribution in [0.2, 0.25) is 0 Å². The third-order valence-corrected chi connectivity index (χ3v) is 4.01. The van der Waals surface area contributed by atoms with Crippen molar-refractivity contribution in [2.45, 2.75) is 20.0 Å². The number of hydrogen-bond donors (Lipinski definition) is 0. The summed E-state index contributed by atoms with van der Waals surface area (Å²) in [5.74, 6) is 0. The number of alkyl halides is 3. The Labute approximate surface area is 115 Å². The van der Waals surface area contributed by atoms with Crippen LogP contribution in [0.5, 0.6) is 0 Å². The Morgan fingerprint density at radius 2 is 1.95 bits per heavy atom. The maximum absolute atomic E-state index is 12.7. The van der Waals surface area contributed by atoms with E-state index < -0.39 is 21.7 Å². The minimum absolute atomic E-state index is 0.0600. The SMILES string of the molecule is C/C=C(\C=C(/C)S(C)(=O)=O)c1cc(C(F)(F)F)n(C)n1. The highest BCUT2D eigenvalue weighted by atomic mass is 32.2. The molecule has 0 fully saturated rings.